The lowest BCUT2D eigenvalue weighted by molar-refractivity contribution is -0.157. The molecular formula is C20H22N2O2S. The van der Waals surface area contributed by atoms with Crippen molar-refractivity contribution in [3.8, 4) is 0 Å². The van der Waals surface area contributed by atoms with E-state index in [1.807, 2.05) is 34.9 Å². The summed E-state index contributed by atoms with van der Waals surface area (Å²) in [5.41, 5.74) is 0.479. The number of rotatable bonds is 4. The molecule has 0 bridgehead atoms. The third kappa shape index (κ3) is 2.91. The molecular weight excluding hydrogens is 332 g/mol. The lowest BCUT2D eigenvalue weighted by Gasteiger charge is -2.49. The van der Waals surface area contributed by atoms with E-state index in [-0.39, 0.29) is 11.8 Å². The Hall–Kier alpha value is -2.01. The molecule has 0 atom stereocenters. The number of nitrogens with one attached hydrogen (secondary N) is 1. The van der Waals surface area contributed by atoms with E-state index in [2.05, 4.69) is 29.6 Å². The van der Waals surface area contributed by atoms with Crippen molar-refractivity contribution in [2.45, 2.75) is 31.3 Å². The van der Waals surface area contributed by atoms with Crippen LogP contribution in [0.4, 0.5) is 0 Å². The van der Waals surface area contributed by atoms with Gasteiger partial charge in [-0.3, -0.25) is 9.59 Å². The van der Waals surface area contributed by atoms with Gasteiger partial charge in [0.05, 0.1) is 0 Å². The maximum absolute atomic E-state index is 13.1. The molecule has 2 amide bonds. The second kappa shape index (κ2) is 6.71. The topological polar surface area (TPSA) is 49.4 Å². The van der Waals surface area contributed by atoms with Gasteiger partial charge in [0, 0.05) is 19.5 Å². The van der Waals surface area contributed by atoms with Gasteiger partial charge in [0.1, 0.15) is 5.54 Å². The van der Waals surface area contributed by atoms with Gasteiger partial charge in [0.25, 0.3) is 0 Å². The molecule has 0 unspecified atom stereocenters. The quantitative estimate of drug-likeness (QED) is 0.859. The molecule has 2 aliphatic rings. The molecule has 0 spiro atoms. The first-order chi connectivity index (χ1) is 12.2. The summed E-state index contributed by atoms with van der Waals surface area (Å²) in [6.07, 6.45) is 2.08. The summed E-state index contributed by atoms with van der Waals surface area (Å²) in [7, 11) is 0. The largest absolute Gasteiger partial charge is 0.350 e. The summed E-state index contributed by atoms with van der Waals surface area (Å²) in [5.74, 6) is 2.00. The number of thioether (sulfide) groups is 1. The van der Waals surface area contributed by atoms with Gasteiger partial charge < -0.3 is 10.2 Å². The summed E-state index contributed by atoms with van der Waals surface area (Å²) in [6, 6.07) is 14.4. The SMILES string of the molecule is O=C1CCN1C1(C(=O)NCc2cccc3ccccc23)CCSCC1. The summed E-state index contributed by atoms with van der Waals surface area (Å²) < 4.78 is 0. The van der Waals surface area contributed by atoms with E-state index in [1.165, 1.54) is 10.8 Å². The Morgan fingerprint density at radius 2 is 1.88 bits per heavy atom. The highest BCUT2D eigenvalue weighted by atomic mass is 32.2. The first kappa shape index (κ1) is 16.5. The van der Waals surface area contributed by atoms with Gasteiger partial charge in [-0.1, -0.05) is 42.5 Å². The summed E-state index contributed by atoms with van der Waals surface area (Å²) >= 11 is 1.87. The Bertz CT molecular complexity index is 809. The normalized spacial score (nSPS) is 19.5. The number of carbonyl (C=O) groups is 2. The highest BCUT2D eigenvalue weighted by Crippen LogP contribution is 2.36. The van der Waals surface area contributed by atoms with Crippen LogP contribution in [0, 0.1) is 0 Å². The first-order valence-electron chi connectivity index (χ1n) is 8.84. The maximum atomic E-state index is 13.1. The van der Waals surface area contributed by atoms with Gasteiger partial charge in [0.15, 0.2) is 0 Å². The number of amides is 2. The molecule has 2 saturated heterocycles. The molecule has 2 aliphatic heterocycles. The van der Waals surface area contributed by atoms with Crippen molar-refractivity contribution in [1.29, 1.82) is 0 Å². The van der Waals surface area contributed by atoms with Crippen molar-refractivity contribution in [3.05, 3.63) is 48.0 Å². The van der Waals surface area contributed by atoms with Crippen LogP contribution >= 0.6 is 11.8 Å². The number of hydrogen-bond donors (Lipinski definition) is 1. The number of fused-ring (bicyclic) bond motifs is 1. The fourth-order valence-electron chi connectivity index (χ4n) is 3.88. The van der Waals surface area contributed by atoms with E-state index < -0.39 is 5.54 Å². The smallest absolute Gasteiger partial charge is 0.246 e. The van der Waals surface area contributed by atoms with E-state index in [4.69, 9.17) is 0 Å². The monoisotopic (exact) mass is 354 g/mol. The second-order valence-corrected chi connectivity index (χ2v) is 7.99. The van der Waals surface area contributed by atoms with E-state index in [0.717, 1.165) is 29.9 Å². The summed E-state index contributed by atoms with van der Waals surface area (Å²) in [5, 5.41) is 5.47. The fourth-order valence-corrected chi connectivity index (χ4v) is 5.05. The Balaban J connectivity index is 1.54. The summed E-state index contributed by atoms with van der Waals surface area (Å²) in [4.78, 5) is 26.9. The van der Waals surface area contributed by atoms with Gasteiger partial charge >= 0.3 is 0 Å². The first-order valence-corrected chi connectivity index (χ1v) is 9.99. The van der Waals surface area contributed by atoms with E-state index in [1.54, 1.807) is 0 Å². The molecule has 25 heavy (non-hydrogen) atoms. The third-order valence-electron chi connectivity index (χ3n) is 5.43. The lowest BCUT2D eigenvalue weighted by Crippen LogP contribution is -2.66. The van der Waals surface area contributed by atoms with Crippen LogP contribution in [0.1, 0.15) is 24.8 Å². The van der Waals surface area contributed by atoms with Gasteiger partial charge in [-0.05, 0) is 40.7 Å². The van der Waals surface area contributed by atoms with E-state index in [0.29, 0.717) is 19.5 Å². The molecule has 2 heterocycles. The third-order valence-corrected chi connectivity index (χ3v) is 6.41. The molecule has 2 aromatic rings. The molecule has 4 nitrogen and oxygen atoms in total. The van der Waals surface area contributed by atoms with Crippen LogP contribution in [0.3, 0.4) is 0 Å². The maximum Gasteiger partial charge on any atom is 0.246 e. The van der Waals surface area contributed by atoms with E-state index >= 15 is 0 Å². The molecule has 0 radical (unpaired) electrons. The van der Waals surface area contributed by atoms with Crippen LogP contribution in [-0.4, -0.2) is 40.3 Å². The minimum absolute atomic E-state index is 0.00813. The van der Waals surface area contributed by atoms with Crippen LogP contribution < -0.4 is 5.32 Å². The number of likely N-dealkylation sites (tertiary alicyclic amines) is 1. The van der Waals surface area contributed by atoms with Gasteiger partial charge in [-0.25, -0.2) is 0 Å². The van der Waals surface area contributed by atoms with Gasteiger partial charge in [-0.15, -0.1) is 0 Å². The molecule has 0 aliphatic carbocycles. The predicted octanol–water partition coefficient (Wildman–Crippen LogP) is 2.95. The van der Waals surface area contributed by atoms with Gasteiger partial charge in [-0.2, -0.15) is 11.8 Å². The zero-order valence-electron chi connectivity index (χ0n) is 14.2. The zero-order chi connectivity index (χ0) is 17.3. The predicted molar refractivity (Wildman–Crippen MR) is 101 cm³/mol. The molecule has 2 fully saturated rings. The van der Waals surface area contributed by atoms with Crippen molar-refractivity contribution in [2.24, 2.45) is 0 Å². The minimum atomic E-state index is -0.634. The molecule has 2 aromatic carbocycles. The van der Waals surface area contributed by atoms with Crippen LogP contribution in [0.15, 0.2) is 42.5 Å². The number of benzene rings is 2. The van der Waals surface area contributed by atoms with Crippen molar-refractivity contribution in [2.75, 3.05) is 18.1 Å². The Morgan fingerprint density at radius 1 is 1.12 bits per heavy atom. The molecule has 4 rings (SSSR count). The molecule has 5 heteroatoms. The fraction of sp³-hybridized carbons (Fsp3) is 0.400. The Morgan fingerprint density at radius 3 is 2.60 bits per heavy atom. The molecule has 0 saturated carbocycles. The average molecular weight is 354 g/mol. The summed E-state index contributed by atoms with van der Waals surface area (Å²) in [6.45, 7) is 1.21. The van der Waals surface area contributed by atoms with Crippen LogP contribution in [0.5, 0.6) is 0 Å². The Labute approximate surface area is 152 Å². The van der Waals surface area contributed by atoms with Crippen molar-refractivity contribution >= 4 is 34.3 Å². The van der Waals surface area contributed by atoms with Crippen molar-refractivity contribution in [1.82, 2.24) is 10.2 Å². The van der Waals surface area contributed by atoms with Gasteiger partial charge in [0.2, 0.25) is 11.8 Å². The number of nitrogens with zero attached hydrogens (tertiary/aromatic N) is 1. The molecule has 1 N–H and O–H groups in total. The van der Waals surface area contributed by atoms with Crippen LogP contribution in [0.25, 0.3) is 10.8 Å². The lowest BCUT2D eigenvalue weighted by atomic mass is 9.85. The van der Waals surface area contributed by atoms with E-state index in [9.17, 15) is 9.59 Å². The van der Waals surface area contributed by atoms with Crippen LogP contribution in [0.2, 0.25) is 0 Å². The highest BCUT2D eigenvalue weighted by molar-refractivity contribution is 7.99. The molecule has 130 valence electrons. The highest BCUT2D eigenvalue weighted by Gasteiger charge is 2.49. The minimum Gasteiger partial charge on any atom is -0.350 e. The second-order valence-electron chi connectivity index (χ2n) is 6.76. The van der Waals surface area contributed by atoms with Crippen LogP contribution in [-0.2, 0) is 16.1 Å². The van der Waals surface area contributed by atoms with Crippen molar-refractivity contribution in [3.63, 3.8) is 0 Å². The number of β-lactam (4-membered cyclic amide) rings is 1. The zero-order valence-corrected chi connectivity index (χ0v) is 15.0. The van der Waals surface area contributed by atoms with Crippen molar-refractivity contribution < 1.29 is 9.59 Å². The average Bonchev–Trinajstić information content (AvgIpc) is 2.65. The Kier molecular flexibility index (Phi) is 4.42. The number of hydrogen-bond acceptors (Lipinski definition) is 3. The molecule has 0 aromatic heterocycles. The number of carbonyl (C=O) groups excluding carboxylic acids is 2. The standard InChI is InChI=1S/C20H22N2O2S/c23-18-8-11-22(18)20(9-12-25-13-10-20)19(24)21-14-16-6-3-5-15-4-1-2-7-17(15)16/h1-7H,8-14H2,(H,21,24).